The molecule has 0 amide bonds. The average Bonchev–Trinajstić information content (AvgIpc) is 2.91. The molecule has 0 saturated heterocycles. The fourth-order valence-corrected chi connectivity index (χ4v) is 1.93. The molecule has 0 bridgehead atoms. The molecule has 0 radical (unpaired) electrons. The number of benzene rings is 1. The molecule has 1 aromatic carbocycles. The van der Waals surface area contributed by atoms with Gasteiger partial charge < -0.3 is 5.11 Å². The van der Waals surface area contributed by atoms with Crippen molar-refractivity contribution in [2.75, 3.05) is 0 Å². The third kappa shape index (κ3) is 1.84. The van der Waals surface area contributed by atoms with Crippen molar-refractivity contribution in [2.24, 2.45) is 0 Å². The van der Waals surface area contributed by atoms with Crippen LogP contribution in [0.4, 0.5) is 0 Å². The molecular weight excluding hydrogens is 228 g/mol. The second-order valence-electron chi connectivity index (χ2n) is 4.20. The Morgan fingerprint density at radius 2 is 2.11 bits per heavy atom. The number of H-pyrrole nitrogens is 1. The minimum Gasteiger partial charge on any atom is -0.382 e. The molecule has 2 heterocycles. The van der Waals surface area contributed by atoms with Crippen LogP contribution in [0.25, 0.3) is 10.9 Å². The number of hydrogen-bond donors (Lipinski definition) is 2. The molecule has 0 spiro atoms. The number of pyridine rings is 1. The molecule has 0 aliphatic rings. The summed E-state index contributed by atoms with van der Waals surface area (Å²) in [5.74, 6) is 0. The molecule has 2 N–H and O–H groups in total. The van der Waals surface area contributed by atoms with Gasteiger partial charge >= 0.3 is 0 Å². The molecule has 5 nitrogen and oxygen atoms in total. The lowest BCUT2D eigenvalue weighted by molar-refractivity contribution is 0.215. The van der Waals surface area contributed by atoms with Crippen LogP contribution in [0, 0.1) is 6.92 Å². The van der Waals surface area contributed by atoms with Crippen LogP contribution in [0.1, 0.15) is 23.1 Å². The van der Waals surface area contributed by atoms with Crippen molar-refractivity contribution in [3.8, 4) is 0 Å². The van der Waals surface area contributed by atoms with E-state index in [-0.39, 0.29) is 0 Å². The predicted octanol–water partition coefficient (Wildman–Crippen LogP) is 1.74. The van der Waals surface area contributed by atoms with E-state index in [0.29, 0.717) is 5.69 Å². The SMILES string of the molecule is Cc1ccc2cc(C(O)c3cn[nH]n3)ccc2n1. The maximum absolute atomic E-state index is 10.2. The van der Waals surface area contributed by atoms with Crippen molar-refractivity contribution in [1.29, 1.82) is 0 Å². The first kappa shape index (κ1) is 10.9. The maximum atomic E-state index is 10.2. The van der Waals surface area contributed by atoms with E-state index in [1.165, 1.54) is 6.20 Å². The highest BCUT2D eigenvalue weighted by Crippen LogP contribution is 2.23. The van der Waals surface area contributed by atoms with E-state index in [2.05, 4.69) is 20.4 Å². The van der Waals surface area contributed by atoms with Crippen molar-refractivity contribution in [1.82, 2.24) is 20.4 Å². The van der Waals surface area contributed by atoms with Gasteiger partial charge in [0.25, 0.3) is 0 Å². The van der Waals surface area contributed by atoms with Gasteiger partial charge in [0, 0.05) is 11.1 Å². The van der Waals surface area contributed by atoms with E-state index >= 15 is 0 Å². The van der Waals surface area contributed by atoms with Gasteiger partial charge in [-0.05, 0) is 30.7 Å². The van der Waals surface area contributed by atoms with E-state index in [0.717, 1.165) is 22.2 Å². The zero-order chi connectivity index (χ0) is 12.5. The Labute approximate surface area is 103 Å². The maximum Gasteiger partial charge on any atom is 0.124 e. The Balaban J connectivity index is 2.06. The molecule has 0 aliphatic carbocycles. The van der Waals surface area contributed by atoms with Crippen LogP contribution in [0.15, 0.2) is 36.5 Å². The van der Waals surface area contributed by atoms with Crippen molar-refractivity contribution in [2.45, 2.75) is 13.0 Å². The Morgan fingerprint density at radius 3 is 2.89 bits per heavy atom. The van der Waals surface area contributed by atoms with Gasteiger partial charge in [-0.25, -0.2) is 0 Å². The smallest absolute Gasteiger partial charge is 0.124 e. The Hall–Kier alpha value is -2.27. The number of aliphatic hydroxyl groups is 1. The van der Waals surface area contributed by atoms with Crippen molar-refractivity contribution in [3.05, 3.63) is 53.5 Å². The van der Waals surface area contributed by atoms with Crippen LogP contribution in [-0.2, 0) is 0 Å². The van der Waals surface area contributed by atoms with Crippen LogP contribution in [0.3, 0.4) is 0 Å². The fourth-order valence-electron chi connectivity index (χ4n) is 1.93. The molecule has 3 aromatic rings. The van der Waals surface area contributed by atoms with Crippen molar-refractivity contribution in [3.63, 3.8) is 0 Å². The molecule has 3 rings (SSSR count). The number of aryl methyl sites for hydroxylation is 1. The molecule has 2 aromatic heterocycles. The highest BCUT2D eigenvalue weighted by Gasteiger charge is 2.13. The van der Waals surface area contributed by atoms with E-state index < -0.39 is 6.10 Å². The number of nitrogens with one attached hydrogen (secondary N) is 1. The standard InChI is InChI=1S/C13H12N4O/c1-8-2-3-9-6-10(4-5-11(9)15-8)13(18)12-7-14-17-16-12/h2-7,13,18H,1H3,(H,14,16,17). The highest BCUT2D eigenvalue weighted by molar-refractivity contribution is 5.79. The summed E-state index contributed by atoms with van der Waals surface area (Å²) in [4.78, 5) is 4.42. The fraction of sp³-hybridized carbons (Fsp3) is 0.154. The quantitative estimate of drug-likeness (QED) is 0.715. The van der Waals surface area contributed by atoms with Crippen molar-refractivity contribution >= 4 is 10.9 Å². The number of rotatable bonds is 2. The second-order valence-corrected chi connectivity index (χ2v) is 4.20. The van der Waals surface area contributed by atoms with Gasteiger partial charge in [0.2, 0.25) is 0 Å². The molecule has 0 saturated carbocycles. The molecule has 5 heteroatoms. The van der Waals surface area contributed by atoms with E-state index in [1.54, 1.807) is 0 Å². The topological polar surface area (TPSA) is 74.7 Å². The number of hydrogen-bond acceptors (Lipinski definition) is 4. The third-order valence-corrected chi connectivity index (χ3v) is 2.88. The minimum atomic E-state index is -0.769. The number of nitrogens with zero attached hydrogens (tertiary/aromatic N) is 3. The molecule has 90 valence electrons. The number of aromatic nitrogens is 4. The second kappa shape index (κ2) is 4.19. The summed E-state index contributed by atoms with van der Waals surface area (Å²) in [7, 11) is 0. The summed E-state index contributed by atoms with van der Waals surface area (Å²) in [5, 5.41) is 21.2. The molecule has 1 unspecified atom stereocenters. The normalized spacial score (nSPS) is 12.8. The molecular formula is C13H12N4O. The molecule has 1 atom stereocenters. The van der Waals surface area contributed by atoms with Crippen LogP contribution < -0.4 is 0 Å². The van der Waals surface area contributed by atoms with Gasteiger partial charge in [-0.1, -0.05) is 12.1 Å². The Bertz CT molecular complexity index is 679. The average molecular weight is 240 g/mol. The zero-order valence-electron chi connectivity index (χ0n) is 9.83. The summed E-state index contributed by atoms with van der Waals surface area (Å²) in [6.45, 7) is 1.96. The van der Waals surface area contributed by atoms with Crippen LogP contribution >= 0.6 is 0 Å². The lowest BCUT2D eigenvalue weighted by Gasteiger charge is -2.08. The Morgan fingerprint density at radius 1 is 1.22 bits per heavy atom. The largest absolute Gasteiger partial charge is 0.382 e. The van der Waals surface area contributed by atoms with Crippen molar-refractivity contribution < 1.29 is 5.11 Å². The van der Waals surface area contributed by atoms with Gasteiger partial charge in [0.1, 0.15) is 11.8 Å². The summed E-state index contributed by atoms with van der Waals surface area (Å²) in [5.41, 5.74) is 3.19. The van der Waals surface area contributed by atoms with Gasteiger partial charge in [-0.15, -0.1) is 0 Å². The number of aliphatic hydroxyl groups excluding tert-OH is 1. The van der Waals surface area contributed by atoms with Crippen LogP contribution in [0.5, 0.6) is 0 Å². The molecule has 0 fully saturated rings. The van der Waals surface area contributed by atoms with Gasteiger partial charge in [-0.3, -0.25) is 4.98 Å². The monoisotopic (exact) mass is 240 g/mol. The van der Waals surface area contributed by atoms with E-state index in [9.17, 15) is 5.11 Å². The Kier molecular flexibility index (Phi) is 2.53. The molecule has 18 heavy (non-hydrogen) atoms. The minimum absolute atomic E-state index is 0.509. The number of fused-ring (bicyclic) bond motifs is 1. The van der Waals surface area contributed by atoms with Crippen LogP contribution in [0.2, 0.25) is 0 Å². The van der Waals surface area contributed by atoms with Crippen LogP contribution in [-0.4, -0.2) is 25.5 Å². The molecule has 0 aliphatic heterocycles. The van der Waals surface area contributed by atoms with E-state index in [4.69, 9.17) is 0 Å². The summed E-state index contributed by atoms with van der Waals surface area (Å²) in [6.07, 6.45) is 0.747. The van der Waals surface area contributed by atoms with Gasteiger partial charge in [0.15, 0.2) is 0 Å². The zero-order valence-corrected chi connectivity index (χ0v) is 9.83. The first-order valence-electron chi connectivity index (χ1n) is 5.65. The predicted molar refractivity (Wildman–Crippen MR) is 66.9 cm³/mol. The third-order valence-electron chi connectivity index (χ3n) is 2.88. The first-order valence-corrected chi connectivity index (χ1v) is 5.65. The summed E-state index contributed by atoms with van der Waals surface area (Å²) >= 11 is 0. The summed E-state index contributed by atoms with van der Waals surface area (Å²) < 4.78 is 0. The lowest BCUT2D eigenvalue weighted by Crippen LogP contribution is -2.00. The highest BCUT2D eigenvalue weighted by atomic mass is 16.3. The first-order chi connectivity index (χ1) is 8.74. The van der Waals surface area contributed by atoms with Gasteiger partial charge in [-0.2, -0.15) is 15.4 Å². The summed E-state index contributed by atoms with van der Waals surface area (Å²) in [6, 6.07) is 9.63. The number of aromatic amines is 1. The van der Waals surface area contributed by atoms with Gasteiger partial charge in [0.05, 0.1) is 11.7 Å². The van der Waals surface area contributed by atoms with E-state index in [1.807, 2.05) is 37.3 Å². The lowest BCUT2D eigenvalue weighted by atomic mass is 10.0.